The van der Waals surface area contributed by atoms with Crippen molar-refractivity contribution in [1.29, 1.82) is 0 Å². The van der Waals surface area contributed by atoms with Gasteiger partial charge in [-0.2, -0.15) is 4.98 Å². The minimum atomic E-state index is -0.115. The van der Waals surface area contributed by atoms with Crippen LogP contribution in [0.15, 0.2) is 27.2 Å². The van der Waals surface area contributed by atoms with Crippen molar-refractivity contribution in [2.75, 3.05) is 0 Å². The number of aromatic nitrogens is 2. The maximum absolute atomic E-state index is 6.20. The number of nitrogens with zero attached hydrogens (tertiary/aromatic N) is 2. The first-order valence-electron chi connectivity index (χ1n) is 6.79. The molecule has 1 aromatic heterocycles. The molecule has 2 rings (SSSR count). The van der Waals surface area contributed by atoms with Gasteiger partial charge >= 0.3 is 0 Å². The summed E-state index contributed by atoms with van der Waals surface area (Å²) < 4.78 is 6.30. The van der Waals surface area contributed by atoms with Gasteiger partial charge in [0, 0.05) is 21.5 Å². The second-order valence-corrected chi connectivity index (χ2v) is 7.37. The lowest BCUT2D eigenvalue weighted by Crippen LogP contribution is -2.19. The Morgan fingerprint density at radius 3 is 2.67 bits per heavy atom. The van der Waals surface area contributed by atoms with Crippen molar-refractivity contribution >= 4 is 27.5 Å². The van der Waals surface area contributed by atoms with Crippen molar-refractivity contribution in [3.8, 4) is 0 Å². The molecular weight excluding hydrogens is 354 g/mol. The maximum atomic E-state index is 6.20. The summed E-state index contributed by atoms with van der Waals surface area (Å²) >= 11 is 9.60. The zero-order valence-corrected chi connectivity index (χ0v) is 14.9. The molecule has 1 N–H and O–H groups in total. The number of halogens is 2. The molecule has 1 unspecified atom stereocenters. The first-order chi connectivity index (χ1) is 9.77. The predicted molar refractivity (Wildman–Crippen MR) is 87.4 cm³/mol. The Labute approximate surface area is 138 Å². The molecule has 0 saturated carbocycles. The fourth-order valence-electron chi connectivity index (χ4n) is 1.73. The van der Waals surface area contributed by atoms with Gasteiger partial charge in [-0.15, -0.1) is 0 Å². The fraction of sp³-hybridized carbons (Fsp3) is 0.467. The number of hydrogen-bond acceptors (Lipinski definition) is 4. The van der Waals surface area contributed by atoms with Crippen molar-refractivity contribution in [3.05, 3.63) is 45.0 Å². The summed E-state index contributed by atoms with van der Waals surface area (Å²) in [7, 11) is 0. The topological polar surface area (TPSA) is 51.0 Å². The van der Waals surface area contributed by atoms with Crippen LogP contribution in [-0.2, 0) is 12.0 Å². The molecule has 6 heteroatoms. The SMILES string of the molecule is CC(NCc1ccc(Br)cc1Cl)c1nc(C(C)(C)C)no1. The molecule has 0 radical (unpaired) electrons. The van der Waals surface area contributed by atoms with Crippen LogP contribution < -0.4 is 5.32 Å². The van der Waals surface area contributed by atoms with E-state index in [1.54, 1.807) is 0 Å². The van der Waals surface area contributed by atoms with Gasteiger partial charge in [0.05, 0.1) is 6.04 Å². The van der Waals surface area contributed by atoms with Gasteiger partial charge in [0.25, 0.3) is 0 Å². The van der Waals surface area contributed by atoms with E-state index in [0.717, 1.165) is 15.1 Å². The number of rotatable bonds is 4. The maximum Gasteiger partial charge on any atom is 0.243 e. The highest BCUT2D eigenvalue weighted by molar-refractivity contribution is 9.10. The molecular formula is C15H19BrClN3O. The molecule has 1 heterocycles. The van der Waals surface area contributed by atoms with E-state index in [2.05, 4.69) is 52.2 Å². The van der Waals surface area contributed by atoms with Crippen LogP contribution in [0.5, 0.6) is 0 Å². The quantitative estimate of drug-likeness (QED) is 0.850. The zero-order chi connectivity index (χ0) is 15.6. The van der Waals surface area contributed by atoms with E-state index in [-0.39, 0.29) is 11.5 Å². The van der Waals surface area contributed by atoms with Gasteiger partial charge in [0.1, 0.15) is 0 Å². The van der Waals surface area contributed by atoms with Gasteiger partial charge in [0.15, 0.2) is 5.82 Å². The number of nitrogens with one attached hydrogen (secondary N) is 1. The van der Waals surface area contributed by atoms with E-state index >= 15 is 0 Å². The molecule has 0 bridgehead atoms. The van der Waals surface area contributed by atoms with Crippen molar-refractivity contribution < 1.29 is 4.52 Å². The van der Waals surface area contributed by atoms with Crippen LogP contribution >= 0.6 is 27.5 Å². The molecule has 4 nitrogen and oxygen atoms in total. The molecule has 0 aliphatic heterocycles. The lowest BCUT2D eigenvalue weighted by molar-refractivity contribution is 0.330. The van der Waals surface area contributed by atoms with Gasteiger partial charge in [0.2, 0.25) is 5.89 Å². The molecule has 0 amide bonds. The van der Waals surface area contributed by atoms with Crippen molar-refractivity contribution in [1.82, 2.24) is 15.5 Å². The third-order valence-corrected chi connectivity index (χ3v) is 3.94. The molecule has 0 aliphatic carbocycles. The molecule has 0 spiro atoms. The summed E-state index contributed by atoms with van der Waals surface area (Å²) in [5.41, 5.74) is 0.915. The average Bonchev–Trinajstić information content (AvgIpc) is 2.87. The Hall–Kier alpha value is -0.910. The molecule has 21 heavy (non-hydrogen) atoms. The molecule has 1 aromatic carbocycles. The standard InChI is InChI=1S/C15H19BrClN3O/c1-9(13-19-14(20-21-13)15(2,3)4)18-8-10-5-6-11(16)7-12(10)17/h5-7,9,18H,8H2,1-4H3. The van der Waals surface area contributed by atoms with E-state index in [9.17, 15) is 0 Å². The molecule has 114 valence electrons. The smallest absolute Gasteiger partial charge is 0.243 e. The molecule has 0 saturated heterocycles. The second-order valence-electron chi connectivity index (χ2n) is 6.04. The van der Waals surface area contributed by atoms with Crippen molar-refractivity contribution in [2.45, 2.75) is 45.7 Å². The van der Waals surface area contributed by atoms with Crippen LogP contribution in [0.1, 0.15) is 51.0 Å². The largest absolute Gasteiger partial charge is 0.338 e. The Balaban J connectivity index is 2.01. The van der Waals surface area contributed by atoms with Crippen LogP contribution in [0.3, 0.4) is 0 Å². The predicted octanol–water partition coefficient (Wildman–Crippen LogP) is 4.63. The summed E-state index contributed by atoms with van der Waals surface area (Å²) in [6.07, 6.45) is 0. The van der Waals surface area contributed by atoms with Crippen molar-refractivity contribution in [3.63, 3.8) is 0 Å². The third-order valence-electron chi connectivity index (χ3n) is 3.10. The van der Waals surface area contributed by atoms with E-state index in [4.69, 9.17) is 16.1 Å². The summed E-state index contributed by atoms with van der Waals surface area (Å²) in [5.74, 6) is 1.31. The highest BCUT2D eigenvalue weighted by atomic mass is 79.9. The Morgan fingerprint density at radius 2 is 2.10 bits per heavy atom. The van der Waals surface area contributed by atoms with E-state index in [0.29, 0.717) is 18.3 Å². The molecule has 1 atom stereocenters. The van der Waals surface area contributed by atoms with Crippen LogP contribution in [0.25, 0.3) is 0 Å². The monoisotopic (exact) mass is 371 g/mol. The van der Waals surface area contributed by atoms with Gasteiger partial charge in [-0.1, -0.05) is 59.5 Å². The van der Waals surface area contributed by atoms with Crippen LogP contribution in [0.2, 0.25) is 5.02 Å². The first kappa shape index (κ1) is 16.5. The lowest BCUT2D eigenvalue weighted by Gasteiger charge is -2.12. The minimum Gasteiger partial charge on any atom is -0.338 e. The van der Waals surface area contributed by atoms with Gasteiger partial charge < -0.3 is 9.84 Å². The number of hydrogen-bond donors (Lipinski definition) is 1. The highest BCUT2D eigenvalue weighted by Crippen LogP contribution is 2.23. The summed E-state index contributed by atoms with van der Waals surface area (Å²) in [6, 6.07) is 5.81. The first-order valence-corrected chi connectivity index (χ1v) is 7.96. The summed E-state index contributed by atoms with van der Waals surface area (Å²) in [4.78, 5) is 4.45. The zero-order valence-electron chi connectivity index (χ0n) is 12.6. The Morgan fingerprint density at radius 1 is 1.38 bits per heavy atom. The highest BCUT2D eigenvalue weighted by Gasteiger charge is 2.23. The van der Waals surface area contributed by atoms with Gasteiger partial charge in [-0.05, 0) is 24.6 Å². The molecule has 2 aromatic rings. The van der Waals surface area contributed by atoms with E-state index < -0.39 is 0 Å². The number of benzene rings is 1. The molecule has 0 aliphatic rings. The average molecular weight is 373 g/mol. The van der Waals surface area contributed by atoms with Gasteiger partial charge in [-0.25, -0.2) is 0 Å². The lowest BCUT2D eigenvalue weighted by atomic mass is 9.96. The fourth-order valence-corrected chi connectivity index (χ4v) is 2.47. The van der Waals surface area contributed by atoms with E-state index in [1.807, 2.05) is 25.1 Å². The van der Waals surface area contributed by atoms with Gasteiger partial charge in [-0.3, -0.25) is 0 Å². The van der Waals surface area contributed by atoms with Crippen LogP contribution in [0.4, 0.5) is 0 Å². The van der Waals surface area contributed by atoms with E-state index in [1.165, 1.54) is 0 Å². The Kier molecular flexibility index (Phi) is 5.07. The minimum absolute atomic E-state index is 0.0340. The second kappa shape index (κ2) is 6.46. The van der Waals surface area contributed by atoms with Crippen LogP contribution in [-0.4, -0.2) is 10.1 Å². The third kappa shape index (κ3) is 4.28. The van der Waals surface area contributed by atoms with Crippen molar-refractivity contribution in [2.24, 2.45) is 0 Å². The normalized spacial score (nSPS) is 13.4. The summed E-state index contributed by atoms with van der Waals surface area (Å²) in [5, 5.41) is 8.11. The Bertz CT molecular complexity index is 622. The molecule has 0 fully saturated rings. The summed E-state index contributed by atoms with van der Waals surface area (Å²) in [6.45, 7) is 8.80. The van der Waals surface area contributed by atoms with Crippen LogP contribution in [0, 0.1) is 0 Å².